The Balaban J connectivity index is 2.57. The fourth-order valence-corrected chi connectivity index (χ4v) is 1.52. The largest absolute Gasteiger partial charge is 0.508 e. The Kier molecular flexibility index (Phi) is 5.47. The van der Waals surface area contributed by atoms with Gasteiger partial charge in [0.05, 0.1) is 12.1 Å². The molecule has 0 aliphatic rings. The van der Waals surface area contributed by atoms with Gasteiger partial charge in [0.1, 0.15) is 18.1 Å². The number of rotatable bonds is 6. The second-order valence-corrected chi connectivity index (χ2v) is 4.39. The molecule has 0 fully saturated rings. The van der Waals surface area contributed by atoms with Crippen LogP contribution in [0.1, 0.15) is 12.5 Å². The minimum atomic E-state index is -0.970. The SMILES string of the molecule is C[C@H](O)[C@H](C=O)NC(=O)[C@@H](N)Cc1ccc(O)cc1. The van der Waals surface area contributed by atoms with Crippen LogP contribution >= 0.6 is 0 Å². The first-order chi connectivity index (χ1) is 8.93. The quantitative estimate of drug-likeness (QED) is 0.510. The molecule has 3 atom stereocenters. The van der Waals surface area contributed by atoms with Crippen LogP contribution in [0.4, 0.5) is 0 Å². The third-order valence-corrected chi connectivity index (χ3v) is 2.70. The zero-order chi connectivity index (χ0) is 14.4. The maximum absolute atomic E-state index is 11.7. The second kappa shape index (κ2) is 6.86. The minimum Gasteiger partial charge on any atom is -0.508 e. The lowest BCUT2D eigenvalue weighted by molar-refractivity contribution is -0.126. The van der Waals surface area contributed by atoms with Gasteiger partial charge < -0.3 is 26.1 Å². The topological polar surface area (TPSA) is 113 Å². The number of aliphatic hydroxyl groups excluding tert-OH is 1. The Hall–Kier alpha value is -1.92. The van der Waals surface area contributed by atoms with Gasteiger partial charge in [0.2, 0.25) is 5.91 Å². The van der Waals surface area contributed by atoms with Crippen LogP contribution in [-0.4, -0.2) is 40.6 Å². The van der Waals surface area contributed by atoms with Crippen LogP contribution in [0.3, 0.4) is 0 Å². The van der Waals surface area contributed by atoms with Crippen LogP contribution in [0.5, 0.6) is 5.75 Å². The number of aliphatic hydroxyl groups is 1. The lowest BCUT2D eigenvalue weighted by Crippen LogP contribution is -2.50. The highest BCUT2D eigenvalue weighted by molar-refractivity contribution is 5.84. The Bertz CT molecular complexity index is 431. The first-order valence-electron chi connectivity index (χ1n) is 5.91. The van der Waals surface area contributed by atoms with Crippen LogP contribution < -0.4 is 11.1 Å². The van der Waals surface area contributed by atoms with Crippen molar-refractivity contribution in [2.75, 3.05) is 0 Å². The maximum atomic E-state index is 11.7. The number of aldehydes is 1. The molecule has 0 bridgehead atoms. The first kappa shape index (κ1) is 15.1. The predicted octanol–water partition coefficient (Wildman–Crippen LogP) is -0.673. The summed E-state index contributed by atoms with van der Waals surface area (Å²) < 4.78 is 0. The summed E-state index contributed by atoms with van der Waals surface area (Å²) in [5.41, 5.74) is 6.51. The standard InChI is InChI=1S/C13H18N2O4/c1-8(17)12(7-16)15-13(19)11(14)6-9-2-4-10(18)5-3-9/h2-5,7-8,11-12,17-18H,6,14H2,1H3,(H,15,19)/t8-,11-,12-/m0/s1. The summed E-state index contributed by atoms with van der Waals surface area (Å²) in [6.07, 6.45) is -0.227. The van der Waals surface area contributed by atoms with E-state index < -0.39 is 24.1 Å². The van der Waals surface area contributed by atoms with E-state index in [0.717, 1.165) is 5.56 Å². The monoisotopic (exact) mass is 266 g/mol. The number of nitrogens with one attached hydrogen (secondary N) is 1. The van der Waals surface area contributed by atoms with Gasteiger partial charge in [-0.2, -0.15) is 0 Å². The van der Waals surface area contributed by atoms with E-state index in [1.807, 2.05) is 0 Å². The second-order valence-electron chi connectivity index (χ2n) is 4.39. The summed E-state index contributed by atoms with van der Waals surface area (Å²) in [7, 11) is 0. The van der Waals surface area contributed by atoms with Crippen molar-refractivity contribution in [3.63, 3.8) is 0 Å². The molecule has 6 heteroatoms. The smallest absolute Gasteiger partial charge is 0.237 e. The van der Waals surface area contributed by atoms with Gasteiger partial charge in [-0.25, -0.2) is 0 Å². The number of nitrogens with two attached hydrogens (primary N) is 1. The number of amides is 1. The molecular formula is C13H18N2O4. The summed E-state index contributed by atoms with van der Waals surface area (Å²) in [5, 5.41) is 20.7. The summed E-state index contributed by atoms with van der Waals surface area (Å²) in [5.74, 6) is -0.372. The van der Waals surface area contributed by atoms with Crippen LogP contribution in [0, 0.1) is 0 Å². The average Bonchev–Trinajstić information content (AvgIpc) is 2.37. The summed E-state index contributed by atoms with van der Waals surface area (Å²) in [6, 6.07) is 4.54. The molecule has 1 aromatic carbocycles. The molecule has 0 aliphatic carbocycles. The molecule has 5 N–H and O–H groups in total. The Morgan fingerprint density at radius 2 is 2.00 bits per heavy atom. The molecule has 1 rings (SSSR count). The van der Waals surface area contributed by atoms with Gasteiger partial charge >= 0.3 is 0 Å². The van der Waals surface area contributed by atoms with Gasteiger partial charge in [-0.3, -0.25) is 4.79 Å². The highest BCUT2D eigenvalue weighted by atomic mass is 16.3. The number of benzene rings is 1. The van der Waals surface area contributed by atoms with Crippen molar-refractivity contribution in [3.8, 4) is 5.75 Å². The van der Waals surface area contributed by atoms with Crippen molar-refractivity contribution < 1.29 is 19.8 Å². The van der Waals surface area contributed by atoms with Crippen molar-refractivity contribution in [2.45, 2.75) is 31.5 Å². The van der Waals surface area contributed by atoms with E-state index in [0.29, 0.717) is 6.29 Å². The highest BCUT2D eigenvalue weighted by Crippen LogP contribution is 2.10. The molecule has 6 nitrogen and oxygen atoms in total. The summed E-state index contributed by atoms with van der Waals surface area (Å²) >= 11 is 0. The van der Waals surface area contributed by atoms with Gasteiger partial charge in [-0.1, -0.05) is 12.1 Å². The van der Waals surface area contributed by atoms with Gasteiger partial charge in [0.25, 0.3) is 0 Å². The van der Waals surface area contributed by atoms with E-state index in [-0.39, 0.29) is 12.2 Å². The van der Waals surface area contributed by atoms with E-state index in [9.17, 15) is 14.7 Å². The molecule has 0 aromatic heterocycles. The van der Waals surface area contributed by atoms with Gasteiger partial charge in [0.15, 0.2) is 0 Å². The van der Waals surface area contributed by atoms with Gasteiger partial charge in [0, 0.05) is 0 Å². The van der Waals surface area contributed by atoms with E-state index in [1.54, 1.807) is 12.1 Å². The molecule has 0 saturated heterocycles. The van der Waals surface area contributed by atoms with Crippen LogP contribution in [-0.2, 0) is 16.0 Å². The fourth-order valence-electron chi connectivity index (χ4n) is 1.52. The number of hydrogen-bond acceptors (Lipinski definition) is 5. The summed E-state index contributed by atoms with van der Waals surface area (Å²) in [4.78, 5) is 22.4. The molecule has 1 aromatic rings. The average molecular weight is 266 g/mol. The number of carbonyl (C=O) groups is 2. The fraction of sp³-hybridized carbons (Fsp3) is 0.385. The number of phenolic OH excluding ortho intramolecular Hbond substituents is 1. The maximum Gasteiger partial charge on any atom is 0.237 e. The number of hydrogen-bond donors (Lipinski definition) is 4. The molecule has 0 aliphatic heterocycles. The van der Waals surface area contributed by atoms with Crippen molar-refractivity contribution >= 4 is 12.2 Å². The summed E-state index contributed by atoms with van der Waals surface area (Å²) in [6.45, 7) is 1.41. The Morgan fingerprint density at radius 1 is 1.42 bits per heavy atom. The van der Waals surface area contributed by atoms with Crippen molar-refractivity contribution in [1.82, 2.24) is 5.32 Å². The highest BCUT2D eigenvalue weighted by Gasteiger charge is 2.21. The van der Waals surface area contributed by atoms with E-state index in [1.165, 1.54) is 19.1 Å². The number of carbonyl (C=O) groups excluding carboxylic acids is 2. The van der Waals surface area contributed by atoms with E-state index >= 15 is 0 Å². The van der Waals surface area contributed by atoms with Crippen molar-refractivity contribution in [3.05, 3.63) is 29.8 Å². The molecule has 1 amide bonds. The van der Waals surface area contributed by atoms with Gasteiger partial charge in [-0.15, -0.1) is 0 Å². The molecule has 104 valence electrons. The minimum absolute atomic E-state index is 0.136. The molecule has 0 saturated carbocycles. The molecular weight excluding hydrogens is 248 g/mol. The lowest BCUT2D eigenvalue weighted by atomic mass is 10.1. The van der Waals surface area contributed by atoms with Crippen molar-refractivity contribution in [2.24, 2.45) is 5.73 Å². The Morgan fingerprint density at radius 3 is 2.47 bits per heavy atom. The predicted molar refractivity (Wildman–Crippen MR) is 69.5 cm³/mol. The lowest BCUT2D eigenvalue weighted by Gasteiger charge is -2.18. The van der Waals surface area contributed by atoms with Crippen molar-refractivity contribution in [1.29, 1.82) is 0 Å². The molecule has 0 radical (unpaired) electrons. The third kappa shape index (κ3) is 4.69. The van der Waals surface area contributed by atoms with Crippen LogP contribution in [0.15, 0.2) is 24.3 Å². The van der Waals surface area contributed by atoms with Crippen LogP contribution in [0.25, 0.3) is 0 Å². The zero-order valence-electron chi connectivity index (χ0n) is 10.6. The van der Waals surface area contributed by atoms with Gasteiger partial charge in [-0.05, 0) is 31.0 Å². The first-order valence-corrected chi connectivity index (χ1v) is 5.91. The van der Waals surface area contributed by atoms with Crippen LogP contribution in [0.2, 0.25) is 0 Å². The zero-order valence-corrected chi connectivity index (χ0v) is 10.6. The number of phenols is 1. The molecule has 0 unspecified atom stereocenters. The molecule has 0 heterocycles. The van der Waals surface area contributed by atoms with E-state index in [4.69, 9.17) is 10.8 Å². The Labute approximate surface area is 111 Å². The third-order valence-electron chi connectivity index (χ3n) is 2.70. The molecule has 0 spiro atoms. The molecule has 19 heavy (non-hydrogen) atoms. The number of aromatic hydroxyl groups is 1. The normalized spacial score (nSPS) is 15.3. The van der Waals surface area contributed by atoms with E-state index in [2.05, 4.69) is 5.32 Å².